The molecule has 2 aromatic carbocycles. The average Bonchev–Trinajstić information content (AvgIpc) is 3.12. The normalized spacial score (nSPS) is 16.8. The first-order chi connectivity index (χ1) is 11.4. The highest BCUT2D eigenvalue weighted by molar-refractivity contribution is 7.26. The molecule has 0 bridgehead atoms. The zero-order chi connectivity index (χ0) is 15.2. The van der Waals surface area contributed by atoms with Crippen LogP contribution in [0.2, 0.25) is 0 Å². The molecule has 0 fully saturated rings. The number of furan rings is 1. The molecule has 1 atom stereocenters. The Morgan fingerprint density at radius 2 is 1.83 bits per heavy atom. The summed E-state index contributed by atoms with van der Waals surface area (Å²) in [7, 11) is 0. The summed E-state index contributed by atoms with van der Waals surface area (Å²) in [5.41, 5.74) is 3.53. The van der Waals surface area contributed by atoms with Crippen LogP contribution in [0.4, 0.5) is 5.69 Å². The van der Waals surface area contributed by atoms with Crippen molar-refractivity contribution >= 4 is 43.5 Å². The summed E-state index contributed by atoms with van der Waals surface area (Å²) in [6, 6.07) is 19.1. The standard InChI is InChI=1S/C20H15NOS/c1-2-6-13(7-3-1)21-14-10-11-17-16(12-14)20-19(22-17)15-8-4-5-9-18(15)23-20/h1-11,14,21H,12H2. The van der Waals surface area contributed by atoms with E-state index in [0.717, 1.165) is 23.5 Å². The number of rotatable bonds is 2. The quantitative estimate of drug-likeness (QED) is 0.513. The summed E-state index contributed by atoms with van der Waals surface area (Å²) < 4.78 is 8.73. The van der Waals surface area contributed by atoms with Crippen molar-refractivity contribution < 1.29 is 4.42 Å². The summed E-state index contributed by atoms with van der Waals surface area (Å²) in [6.45, 7) is 0. The molecule has 0 amide bonds. The van der Waals surface area contributed by atoms with E-state index in [-0.39, 0.29) is 0 Å². The fraction of sp³-hybridized carbons (Fsp3) is 0.100. The lowest BCUT2D eigenvalue weighted by Crippen LogP contribution is -2.21. The van der Waals surface area contributed by atoms with Crippen molar-refractivity contribution in [3.63, 3.8) is 0 Å². The van der Waals surface area contributed by atoms with Gasteiger partial charge in [-0.25, -0.2) is 0 Å². The van der Waals surface area contributed by atoms with Gasteiger partial charge in [0.25, 0.3) is 0 Å². The van der Waals surface area contributed by atoms with Gasteiger partial charge in [0, 0.05) is 33.8 Å². The molecule has 23 heavy (non-hydrogen) atoms. The second kappa shape index (κ2) is 5.00. The van der Waals surface area contributed by atoms with Crippen molar-refractivity contribution in [2.24, 2.45) is 0 Å². The van der Waals surface area contributed by atoms with Crippen LogP contribution in [-0.4, -0.2) is 6.04 Å². The number of thiophene rings is 1. The molecule has 0 radical (unpaired) electrons. The molecular weight excluding hydrogens is 302 g/mol. The molecule has 1 aliphatic rings. The van der Waals surface area contributed by atoms with Crippen LogP contribution in [-0.2, 0) is 6.42 Å². The van der Waals surface area contributed by atoms with E-state index >= 15 is 0 Å². The number of nitrogens with one attached hydrogen (secondary N) is 1. The van der Waals surface area contributed by atoms with E-state index in [1.54, 1.807) is 0 Å². The average molecular weight is 317 g/mol. The van der Waals surface area contributed by atoms with Gasteiger partial charge >= 0.3 is 0 Å². The van der Waals surface area contributed by atoms with Crippen molar-refractivity contribution in [1.29, 1.82) is 0 Å². The molecule has 4 aromatic rings. The maximum absolute atomic E-state index is 6.14. The molecule has 1 aliphatic carbocycles. The van der Waals surface area contributed by atoms with Crippen molar-refractivity contribution in [1.82, 2.24) is 0 Å². The maximum Gasteiger partial charge on any atom is 0.153 e. The third-order valence-electron chi connectivity index (χ3n) is 4.36. The van der Waals surface area contributed by atoms with Crippen LogP contribution >= 0.6 is 11.3 Å². The Labute approximate surface area is 138 Å². The minimum atomic E-state index is 0.302. The van der Waals surface area contributed by atoms with Gasteiger partial charge in [0.2, 0.25) is 0 Å². The van der Waals surface area contributed by atoms with E-state index in [9.17, 15) is 0 Å². The Morgan fingerprint density at radius 1 is 1.00 bits per heavy atom. The van der Waals surface area contributed by atoms with Gasteiger partial charge in [-0.2, -0.15) is 0 Å². The van der Waals surface area contributed by atoms with Crippen LogP contribution in [0.3, 0.4) is 0 Å². The Balaban J connectivity index is 1.55. The zero-order valence-electron chi connectivity index (χ0n) is 12.5. The van der Waals surface area contributed by atoms with Gasteiger partial charge < -0.3 is 9.73 Å². The number of para-hydroxylation sites is 1. The number of benzene rings is 2. The van der Waals surface area contributed by atoms with Gasteiger partial charge in [0.1, 0.15) is 5.76 Å². The molecule has 0 saturated carbocycles. The van der Waals surface area contributed by atoms with E-state index in [1.807, 2.05) is 17.4 Å². The predicted octanol–water partition coefficient (Wildman–Crippen LogP) is 5.70. The second-order valence-electron chi connectivity index (χ2n) is 5.88. The molecule has 2 aromatic heterocycles. The Morgan fingerprint density at radius 3 is 2.74 bits per heavy atom. The third kappa shape index (κ3) is 2.08. The molecule has 0 saturated heterocycles. The molecule has 2 nitrogen and oxygen atoms in total. The van der Waals surface area contributed by atoms with E-state index in [2.05, 4.69) is 66.0 Å². The van der Waals surface area contributed by atoms with Gasteiger partial charge in [-0.1, -0.05) is 36.4 Å². The maximum atomic E-state index is 6.14. The molecular formula is C20H15NOS. The number of hydrogen-bond acceptors (Lipinski definition) is 3. The Hall–Kier alpha value is -2.52. The predicted molar refractivity (Wildman–Crippen MR) is 98.2 cm³/mol. The third-order valence-corrected chi connectivity index (χ3v) is 5.58. The van der Waals surface area contributed by atoms with Crippen molar-refractivity contribution in [3.8, 4) is 0 Å². The minimum absolute atomic E-state index is 0.302. The lowest BCUT2D eigenvalue weighted by atomic mass is 10.00. The van der Waals surface area contributed by atoms with Crippen LogP contribution < -0.4 is 5.32 Å². The Kier molecular flexibility index (Phi) is 2.82. The lowest BCUT2D eigenvalue weighted by Gasteiger charge is -2.19. The van der Waals surface area contributed by atoms with Crippen molar-refractivity contribution in [2.45, 2.75) is 12.5 Å². The first-order valence-electron chi connectivity index (χ1n) is 7.81. The summed E-state index contributed by atoms with van der Waals surface area (Å²) in [6.07, 6.45) is 5.27. The SMILES string of the molecule is C1=CC(Nc2ccccc2)Cc2c1oc1c2sc2ccccc21. The molecule has 2 heterocycles. The fourth-order valence-electron chi connectivity index (χ4n) is 3.27. The van der Waals surface area contributed by atoms with Crippen LogP contribution in [0.5, 0.6) is 0 Å². The van der Waals surface area contributed by atoms with Gasteiger partial charge in [0.05, 0.1) is 4.70 Å². The van der Waals surface area contributed by atoms with Crippen LogP contribution in [0.25, 0.3) is 26.4 Å². The molecule has 0 spiro atoms. The molecule has 0 aliphatic heterocycles. The highest BCUT2D eigenvalue weighted by Crippen LogP contribution is 2.41. The first-order valence-corrected chi connectivity index (χ1v) is 8.63. The summed E-state index contributed by atoms with van der Waals surface area (Å²) in [5, 5.41) is 4.81. The van der Waals surface area contributed by atoms with Gasteiger partial charge in [0.15, 0.2) is 5.58 Å². The fourth-order valence-corrected chi connectivity index (χ4v) is 4.46. The largest absolute Gasteiger partial charge is 0.455 e. The van der Waals surface area contributed by atoms with Crippen molar-refractivity contribution in [2.75, 3.05) is 5.32 Å². The Bertz CT molecular complexity index is 1030. The molecule has 112 valence electrons. The second-order valence-corrected chi connectivity index (χ2v) is 6.93. The van der Waals surface area contributed by atoms with Crippen LogP contribution in [0, 0.1) is 0 Å². The van der Waals surface area contributed by atoms with E-state index in [0.29, 0.717) is 6.04 Å². The van der Waals surface area contributed by atoms with Gasteiger partial charge in [-0.05, 0) is 30.3 Å². The van der Waals surface area contributed by atoms with Gasteiger partial charge in [-0.3, -0.25) is 0 Å². The summed E-state index contributed by atoms with van der Waals surface area (Å²) in [5.74, 6) is 1.02. The molecule has 1 N–H and O–H groups in total. The highest BCUT2D eigenvalue weighted by atomic mass is 32.1. The van der Waals surface area contributed by atoms with Gasteiger partial charge in [-0.15, -0.1) is 11.3 Å². The topological polar surface area (TPSA) is 25.2 Å². The number of fused-ring (bicyclic) bond motifs is 5. The lowest BCUT2D eigenvalue weighted by molar-refractivity contribution is 0.596. The number of anilines is 1. The zero-order valence-corrected chi connectivity index (χ0v) is 13.3. The summed E-state index contributed by atoms with van der Waals surface area (Å²) in [4.78, 5) is 0. The number of hydrogen-bond donors (Lipinski definition) is 1. The first kappa shape index (κ1) is 13.0. The monoisotopic (exact) mass is 317 g/mol. The van der Waals surface area contributed by atoms with E-state index < -0.39 is 0 Å². The molecule has 5 rings (SSSR count). The van der Waals surface area contributed by atoms with Crippen LogP contribution in [0.1, 0.15) is 11.3 Å². The van der Waals surface area contributed by atoms with Crippen LogP contribution in [0.15, 0.2) is 65.1 Å². The summed E-state index contributed by atoms with van der Waals surface area (Å²) >= 11 is 1.84. The molecule has 3 heteroatoms. The van der Waals surface area contributed by atoms with Crippen molar-refractivity contribution in [3.05, 3.63) is 72.0 Å². The van der Waals surface area contributed by atoms with E-state index in [4.69, 9.17) is 4.42 Å². The smallest absolute Gasteiger partial charge is 0.153 e. The minimum Gasteiger partial charge on any atom is -0.455 e. The highest BCUT2D eigenvalue weighted by Gasteiger charge is 2.23. The van der Waals surface area contributed by atoms with E-state index in [1.165, 1.54) is 20.3 Å². The molecule has 1 unspecified atom stereocenters.